The predicted molar refractivity (Wildman–Crippen MR) is 52.4 cm³/mol. The van der Waals surface area contributed by atoms with Crippen LogP contribution in [0.1, 0.15) is 13.8 Å². The Morgan fingerprint density at radius 3 is 2.27 bits per heavy atom. The third kappa shape index (κ3) is 1.79. The topological polar surface area (TPSA) is 94.9 Å². The zero-order valence-electron chi connectivity index (χ0n) is 8.26. The number of hydrogen-bond acceptors (Lipinski definition) is 4. The lowest BCUT2D eigenvalue weighted by atomic mass is 10.2. The van der Waals surface area contributed by atoms with Gasteiger partial charge in [0.05, 0.1) is 0 Å². The van der Waals surface area contributed by atoms with E-state index in [1.54, 1.807) is 0 Å². The number of nitrogens with zero attached hydrogens (tertiary/aromatic N) is 1. The van der Waals surface area contributed by atoms with Gasteiger partial charge in [-0.05, 0) is 6.92 Å². The molecule has 0 radical (unpaired) electrons. The molecule has 84 valence electrons. The number of aliphatic carboxylic acids is 2. The number of hydrogen-bond donors (Lipinski definition) is 2. The minimum absolute atomic E-state index is 0.0950. The SMILES string of the molecule is CC(=O)N1[C@@H](C(=O)O)CS[C@@]1(C)C(=O)O. The monoisotopic (exact) mass is 233 g/mol. The summed E-state index contributed by atoms with van der Waals surface area (Å²) in [6.45, 7) is 2.51. The van der Waals surface area contributed by atoms with Crippen molar-refractivity contribution in [1.82, 2.24) is 4.90 Å². The van der Waals surface area contributed by atoms with Crippen LogP contribution in [0.4, 0.5) is 0 Å². The van der Waals surface area contributed by atoms with Crippen LogP contribution in [0.5, 0.6) is 0 Å². The minimum Gasteiger partial charge on any atom is -0.480 e. The van der Waals surface area contributed by atoms with Gasteiger partial charge in [-0.3, -0.25) is 4.79 Å². The maximum atomic E-state index is 11.3. The lowest BCUT2D eigenvalue weighted by Crippen LogP contribution is -2.54. The molecule has 0 unspecified atom stereocenters. The molecular formula is C8H11NO5S. The Labute approximate surface area is 90.2 Å². The third-order valence-corrected chi connectivity index (χ3v) is 3.73. The molecule has 1 amide bonds. The van der Waals surface area contributed by atoms with Crippen LogP contribution in [0, 0.1) is 0 Å². The number of carboxylic acid groups (broad SMARTS) is 2. The maximum absolute atomic E-state index is 11.3. The van der Waals surface area contributed by atoms with Crippen molar-refractivity contribution in [3.8, 4) is 0 Å². The number of amides is 1. The van der Waals surface area contributed by atoms with Crippen molar-refractivity contribution < 1.29 is 24.6 Å². The van der Waals surface area contributed by atoms with Gasteiger partial charge in [-0.1, -0.05) is 0 Å². The van der Waals surface area contributed by atoms with Crippen LogP contribution in [0.2, 0.25) is 0 Å². The average molecular weight is 233 g/mol. The van der Waals surface area contributed by atoms with E-state index in [0.29, 0.717) is 0 Å². The van der Waals surface area contributed by atoms with Crippen LogP contribution >= 0.6 is 11.8 Å². The van der Waals surface area contributed by atoms with Gasteiger partial charge < -0.3 is 15.1 Å². The van der Waals surface area contributed by atoms with E-state index in [1.807, 2.05) is 0 Å². The van der Waals surface area contributed by atoms with Crippen molar-refractivity contribution in [2.24, 2.45) is 0 Å². The van der Waals surface area contributed by atoms with Gasteiger partial charge in [-0.2, -0.15) is 0 Å². The molecule has 1 saturated heterocycles. The number of rotatable bonds is 2. The highest BCUT2D eigenvalue weighted by Gasteiger charge is 2.53. The fourth-order valence-electron chi connectivity index (χ4n) is 1.55. The number of carbonyl (C=O) groups is 3. The molecule has 1 aliphatic heterocycles. The fourth-order valence-corrected chi connectivity index (χ4v) is 2.84. The Morgan fingerprint density at radius 1 is 1.40 bits per heavy atom. The molecule has 15 heavy (non-hydrogen) atoms. The van der Waals surface area contributed by atoms with E-state index >= 15 is 0 Å². The van der Waals surface area contributed by atoms with Crippen molar-refractivity contribution in [2.45, 2.75) is 24.8 Å². The summed E-state index contributed by atoms with van der Waals surface area (Å²) in [6.07, 6.45) is 0. The summed E-state index contributed by atoms with van der Waals surface area (Å²) in [7, 11) is 0. The van der Waals surface area contributed by atoms with Gasteiger partial charge in [-0.15, -0.1) is 11.8 Å². The summed E-state index contributed by atoms with van der Waals surface area (Å²) in [5, 5.41) is 17.8. The van der Waals surface area contributed by atoms with E-state index in [-0.39, 0.29) is 5.75 Å². The van der Waals surface area contributed by atoms with Crippen molar-refractivity contribution in [2.75, 3.05) is 5.75 Å². The highest BCUT2D eigenvalue weighted by Crippen LogP contribution is 2.39. The standard InChI is InChI=1S/C8H11NO5S/c1-4(10)9-5(6(11)12)3-15-8(9,2)7(13)14/h5H,3H2,1-2H3,(H,11,12)(H,13,14)/t5-,8+/m1/s1. The second-order valence-electron chi connectivity index (χ2n) is 3.34. The predicted octanol–water partition coefficient (Wildman–Crippen LogP) is -0.164. The summed E-state index contributed by atoms with van der Waals surface area (Å²) in [5.41, 5.74) is 0. The number of carbonyl (C=O) groups excluding carboxylic acids is 1. The Bertz CT molecular complexity index is 331. The van der Waals surface area contributed by atoms with Gasteiger partial charge in [0.2, 0.25) is 5.91 Å². The summed E-state index contributed by atoms with van der Waals surface area (Å²) in [6, 6.07) is -1.06. The molecule has 6 nitrogen and oxygen atoms in total. The second kappa shape index (κ2) is 3.73. The summed E-state index contributed by atoms with van der Waals surface area (Å²) >= 11 is 0.950. The first-order chi connectivity index (χ1) is 6.80. The molecule has 0 spiro atoms. The Balaban J connectivity index is 3.10. The van der Waals surface area contributed by atoms with Crippen LogP contribution in [-0.2, 0) is 14.4 Å². The molecule has 0 bridgehead atoms. The van der Waals surface area contributed by atoms with E-state index in [9.17, 15) is 14.4 Å². The lowest BCUT2D eigenvalue weighted by molar-refractivity contribution is -0.157. The highest BCUT2D eigenvalue weighted by molar-refractivity contribution is 8.01. The van der Waals surface area contributed by atoms with Crippen LogP contribution in [0.3, 0.4) is 0 Å². The summed E-state index contributed by atoms with van der Waals surface area (Å²) < 4.78 is 0. The minimum atomic E-state index is -1.48. The van der Waals surface area contributed by atoms with Gasteiger partial charge in [0.1, 0.15) is 6.04 Å². The largest absolute Gasteiger partial charge is 0.480 e. The maximum Gasteiger partial charge on any atom is 0.340 e. The van der Waals surface area contributed by atoms with Crippen LogP contribution in [-0.4, -0.2) is 49.6 Å². The third-order valence-electron chi connectivity index (χ3n) is 2.31. The molecule has 1 aliphatic rings. The number of thioether (sulfide) groups is 1. The molecule has 1 rings (SSSR count). The van der Waals surface area contributed by atoms with Gasteiger partial charge >= 0.3 is 11.9 Å². The molecule has 7 heteroatoms. The van der Waals surface area contributed by atoms with Crippen molar-refractivity contribution in [3.63, 3.8) is 0 Å². The van der Waals surface area contributed by atoms with E-state index in [0.717, 1.165) is 16.7 Å². The van der Waals surface area contributed by atoms with Gasteiger partial charge in [-0.25, -0.2) is 9.59 Å². The van der Waals surface area contributed by atoms with Crippen molar-refractivity contribution >= 4 is 29.6 Å². The quantitative estimate of drug-likeness (QED) is 0.688. The second-order valence-corrected chi connectivity index (χ2v) is 4.76. The van der Waals surface area contributed by atoms with E-state index < -0.39 is 28.8 Å². The van der Waals surface area contributed by atoms with Crippen LogP contribution in [0.25, 0.3) is 0 Å². The zero-order valence-corrected chi connectivity index (χ0v) is 9.08. The van der Waals surface area contributed by atoms with Gasteiger partial charge in [0.25, 0.3) is 0 Å². The molecule has 0 aromatic heterocycles. The Hall–Kier alpha value is -1.24. The lowest BCUT2D eigenvalue weighted by Gasteiger charge is -2.31. The summed E-state index contributed by atoms with van der Waals surface area (Å²) in [4.78, 5) is 32.5. The first-order valence-electron chi connectivity index (χ1n) is 4.20. The van der Waals surface area contributed by atoms with Crippen molar-refractivity contribution in [1.29, 1.82) is 0 Å². The fraction of sp³-hybridized carbons (Fsp3) is 0.625. The first kappa shape index (κ1) is 11.8. The van der Waals surface area contributed by atoms with E-state index in [1.165, 1.54) is 13.8 Å². The first-order valence-corrected chi connectivity index (χ1v) is 5.19. The molecule has 1 fully saturated rings. The molecular weight excluding hydrogens is 222 g/mol. The van der Waals surface area contributed by atoms with Crippen LogP contribution in [0.15, 0.2) is 0 Å². The van der Waals surface area contributed by atoms with Crippen LogP contribution < -0.4 is 0 Å². The smallest absolute Gasteiger partial charge is 0.340 e. The zero-order chi connectivity index (χ0) is 11.8. The average Bonchev–Trinajstić information content (AvgIpc) is 2.44. The summed E-state index contributed by atoms with van der Waals surface area (Å²) in [5.74, 6) is -2.83. The Kier molecular flexibility index (Phi) is 2.94. The molecule has 0 aromatic carbocycles. The molecule has 2 N–H and O–H groups in total. The van der Waals surface area contributed by atoms with Gasteiger partial charge in [0, 0.05) is 12.7 Å². The van der Waals surface area contributed by atoms with Crippen molar-refractivity contribution in [3.05, 3.63) is 0 Å². The normalized spacial score (nSPS) is 30.3. The van der Waals surface area contributed by atoms with Gasteiger partial charge in [0.15, 0.2) is 4.87 Å². The van der Waals surface area contributed by atoms with E-state index in [4.69, 9.17) is 10.2 Å². The highest BCUT2D eigenvalue weighted by atomic mass is 32.2. The Morgan fingerprint density at radius 2 is 1.93 bits per heavy atom. The van der Waals surface area contributed by atoms with E-state index in [2.05, 4.69) is 0 Å². The molecule has 1 heterocycles. The molecule has 0 saturated carbocycles. The molecule has 0 aromatic rings. The number of carboxylic acids is 2. The molecule has 2 atom stereocenters. The molecule has 0 aliphatic carbocycles.